The molecular weight excluding hydrogens is 646 g/mol. The zero-order valence-corrected chi connectivity index (χ0v) is 22.8. The van der Waals surface area contributed by atoms with Crippen molar-refractivity contribution in [1.82, 2.24) is 14.8 Å². The largest absolute Gasteiger partial charge is 0.301 e. The summed E-state index contributed by atoms with van der Waals surface area (Å²) >= 11 is 11.8. The van der Waals surface area contributed by atoms with Crippen LogP contribution in [-0.4, -0.2) is 14.8 Å². The predicted octanol–water partition coefficient (Wildman–Crippen LogP) is 8.66. The molecule has 168 valence electrons. The summed E-state index contributed by atoms with van der Waals surface area (Å²) in [7, 11) is 0. The van der Waals surface area contributed by atoms with Gasteiger partial charge in [-0.05, 0) is 44.0 Å². The summed E-state index contributed by atoms with van der Waals surface area (Å²) in [5.74, 6) is 0. The molecule has 0 saturated carbocycles. The number of azo groups is 1. The van der Waals surface area contributed by atoms with E-state index in [4.69, 9.17) is 0 Å². The number of nitrogens with one attached hydrogen (secondary N) is 1. The van der Waals surface area contributed by atoms with Gasteiger partial charge < -0.3 is 0 Å². The third-order valence-electron chi connectivity index (χ3n) is 4.91. The molecule has 3 aromatic carbocycles. The second-order valence-electron chi connectivity index (χ2n) is 7.14. The van der Waals surface area contributed by atoms with E-state index >= 15 is 0 Å². The smallest absolute Gasteiger partial charge is 0.286 e. The van der Waals surface area contributed by atoms with Crippen LogP contribution in [0.4, 0.5) is 11.4 Å². The summed E-state index contributed by atoms with van der Waals surface area (Å²) in [5, 5.41) is 14.4. The van der Waals surface area contributed by atoms with E-state index < -0.39 is 0 Å². The first-order valence-electron chi connectivity index (χ1n) is 9.99. The fourth-order valence-corrected chi connectivity index (χ4v) is 6.51. The molecule has 0 bridgehead atoms. The maximum absolute atomic E-state index is 13.5. The quantitative estimate of drug-likeness (QED) is 0.192. The van der Waals surface area contributed by atoms with Crippen molar-refractivity contribution >= 4 is 70.5 Å². The Hall–Kier alpha value is -2.66. The number of H-pyrrole nitrogens is 1. The number of aromatic amines is 1. The zero-order valence-electron chi connectivity index (χ0n) is 17.2. The molecule has 6 nitrogen and oxygen atoms in total. The number of halogens is 3. The zero-order chi connectivity index (χ0) is 23.7. The summed E-state index contributed by atoms with van der Waals surface area (Å²) in [6.07, 6.45) is 0. The first kappa shape index (κ1) is 23.1. The molecule has 5 rings (SSSR count). The molecule has 0 aliphatic heterocycles. The van der Waals surface area contributed by atoms with Gasteiger partial charge in [-0.3, -0.25) is 9.89 Å². The van der Waals surface area contributed by atoms with Crippen LogP contribution >= 0.6 is 59.1 Å². The van der Waals surface area contributed by atoms with Gasteiger partial charge in [-0.2, -0.15) is 4.68 Å². The number of benzene rings is 3. The second kappa shape index (κ2) is 9.91. The first-order valence-corrected chi connectivity index (χ1v) is 13.2. The van der Waals surface area contributed by atoms with Gasteiger partial charge in [0.15, 0.2) is 5.69 Å². The van der Waals surface area contributed by atoms with Crippen LogP contribution in [0.25, 0.3) is 27.6 Å². The topological polar surface area (TPSA) is 75.4 Å². The number of hydrogen-bond donors (Lipinski definition) is 1. The lowest BCUT2D eigenvalue weighted by Crippen LogP contribution is -2.13. The van der Waals surface area contributed by atoms with Crippen molar-refractivity contribution in [3.8, 4) is 27.6 Å². The summed E-state index contributed by atoms with van der Waals surface area (Å²) in [6.45, 7) is 0. The van der Waals surface area contributed by atoms with E-state index in [0.29, 0.717) is 16.5 Å². The summed E-state index contributed by atoms with van der Waals surface area (Å²) < 4.78 is 3.78. The molecule has 10 heteroatoms. The third kappa shape index (κ3) is 4.63. The van der Waals surface area contributed by atoms with Crippen molar-refractivity contribution in [3.05, 3.63) is 102 Å². The molecule has 0 aliphatic carbocycles. The molecule has 0 fully saturated rings. The number of rotatable bonds is 5. The van der Waals surface area contributed by atoms with Crippen molar-refractivity contribution in [2.75, 3.05) is 0 Å². The minimum atomic E-state index is -0.332. The normalized spacial score (nSPS) is 11.4. The van der Waals surface area contributed by atoms with Gasteiger partial charge in [0.1, 0.15) is 5.69 Å². The molecule has 0 spiro atoms. The van der Waals surface area contributed by atoms with Crippen LogP contribution < -0.4 is 5.56 Å². The molecular formula is C24H14Br3N5OS. The predicted molar refractivity (Wildman–Crippen MR) is 147 cm³/mol. The van der Waals surface area contributed by atoms with Crippen LogP contribution in [0.2, 0.25) is 0 Å². The average Bonchev–Trinajstić information content (AvgIpc) is 3.45. The van der Waals surface area contributed by atoms with Gasteiger partial charge in [-0.1, -0.05) is 76.6 Å². The Balaban J connectivity index is 1.63. The molecule has 0 aliphatic rings. The molecule has 0 radical (unpaired) electrons. The Kier molecular flexibility index (Phi) is 6.73. The minimum absolute atomic E-state index is 0.198. The van der Waals surface area contributed by atoms with Gasteiger partial charge in [-0.15, -0.1) is 21.6 Å². The van der Waals surface area contributed by atoms with Crippen LogP contribution in [0.15, 0.2) is 107 Å². The van der Waals surface area contributed by atoms with Crippen LogP contribution in [-0.2, 0) is 0 Å². The van der Waals surface area contributed by atoms with Crippen LogP contribution in [0, 0.1) is 0 Å². The Morgan fingerprint density at radius 3 is 2.06 bits per heavy atom. The van der Waals surface area contributed by atoms with Crippen molar-refractivity contribution in [3.63, 3.8) is 0 Å². The van der Waals surface area contributed by atoms with Crippen LogP contribution in [0.1, 0.15) is 0 Å². The van der Waals surface area contributed by atoms with Crippen molar-refractivity contribution in [1.29, 1.82) is 0 Å². The molecule has 2 heterocycles. The molecule has 0 saturated heterocycles. The van der Waals surface area contributed by atoms with Gasteiger partial charge in [0.25, 0.3) is 0 Å². The Labute approximate surface area is 223 Å². The van der Waals surface area contributed by atoms with Crippen molar-refractivity contribution < 1.29 is 0 Å². The highest BCUT2D eigenvalue weighted by atomic mass is 79.9. The number of nitrogens with zero attached hydrogens (tertiary/aromatic N) is 4. The highest BCUT2D eigenvalue weighted by molar-refractivity contribution is 9.11. The molecule has 0 atom stereocenters. The number of thiazole rings is 1. The molecule has 0 unspecified atom stereocenters. The fourth-order valence-electron chi connectivity index (χ4n) is 3.30. The summed E-state index contributed by atoms with van der Waals surface area (Å²) in [6, 6.07) is 23.1. The van der Waals surface area contributed by atoms with E-state index in [0.717, 1.165) is 30.2 Å². The standard InChI is InChI=1S/C24H14Br3N5OS/c25-16-11-17(26)21(18(27)12-16)29-30-22-20(15-9-5-2-6-10-15)31-32(23(22)33)24-28-19(13-34-24)14-7-3-1-4-8-14/h1-13,31H. The van der Waals surface area contributed by atoms with Crippen LogP contribution in [0.3, 0.4) is 0 Å². The fraction of sp³-hybridized carbons (Fsp3) is 0. The van der Waals surface area contributed by atoms with E-state index in [-0.39, 0.29) is 11.2 Å². The van der Waals surface area contributed by atoms with Crippen molar-refractivity contribution in [2.45, 2.75) is 0 Å². The van der Waals surface area contributed by atoms with Gasteiger partial charge >= 0.3 is 5.56 Å². The lowest BCUT2D eigenvalue weighted by molar-refractivity contribution is 0.843. The summed E-state index contributed by atoms with van der Waals surface area (Å²) in [4.78, 5) is 18.1. The van der Waals surface area contributed by atoms with E-state index in [1.54, 1.807) is 0 Å². The lowest BCUT2D eigenvalue weighted by atomic mass is 10.1. The maximum atomic E-state index is 13.5. The molecule has 0 amide bonds. The second-order valence-corrected chi connectivity index (χ2v) is 10.6. The third-order valence-corrected chi connectivity index (χ3v) is 7.41. The Morgan fingerprint density at radius 2 is 1.41 bits per heavy atom. The van der Waals surface area contributed by atoms with Gasteiger partial charge in [0.05, 0.1) is 11.4 Å². The molecule has 1 N–H and O–H groups in total. The number of aromatic nitrogens is 3. The minimum Gasteiger partial charge on any atom is -0.286 e. The maximum Gasteiger partial charge on any atom is 0.301 e. The lowest BCUT2D eigenvalue weighted by Gasteiger charge is -2.02. The van der Waals surface area contributed by atoms with Crippen molar-refractivity contribution in [2.24, 2.45) is 10.2 Å². The van der Waals surface area contributed by atoms with E-state index in [9.17, 15) is 4.79 Å². The Morgan fingerprint density at radius 1 is 0.824 bits per heavy atom. The van der Waals surface area contributed by atoms with Crippen LogP contribution in [0.5, 0.6) is 0 Å². The highest BCUT2D eigenvalue weighted by Gasteiger charge is 2.19. The highest BCUT2D eigenvalue weighted by Crippen LogP contribution is 2.38. The van der Waals surface area contributed by atoms with Gasteiger partial charge in [0, 0.05) is 29.9 Å². The monoisotopic (exact) mass is 657 g/mol. The number of hydrogen-bond acceptors (Lipinski definition) is 5. The Bertz CT molecular complexity index is 1540. The first-order chi connectivity index (χ1) is 16.5. The van der Waals surface area contributed by atoms with Gasteiger partial charge in [-0.25, -0.2) is 4.98 Å². The SMILES string of the molecule is O=c1c(N=Nc2c(Br)cc(Br)cc2Br)c(-c2ccccc2)[nH]n1-c1nc(-c2ccccc2)cs1. The van der Waals surface area contributed by atoms with Gasteiger partial charge in [0.2, 0.25) is 5.13 Å². The molecule has 5 aromatic rings. The average molecular weight is 660 g/mol. The molecule has 34 heavy (non-hydrogen) atoms. The van der Waals surface area contributed by atoms with E-state index in [1.807, 2.05) is 78.2 Å². The molecule has 2 aromatic heterocycles. The van der Waals surface area contributed by atoms with E-state index in [2.05, 4.69) is 68.1 Å². The summed E-state index contributed by atoms with van der Waals surface area (Å²) in [5.41, 5.74) is 3.61. The van der Waals surface area contributed by atoms with E-state index in [1.165, 1.54) is 16.0 Å².